The van der Waals surface area contributed by atoms with E-state index in [1.165, 1.54) is 6.42 Å². The Hall–Kier alpha value is -1.09. The highest BCUT2D eigenvalue weighted by atomic mass is 16.3. The van der Waals surface area contributed by atoms with Crippen LogP contribution in [0.5, 0.6) is 0 Å². The first-order valence-corrected chi connectivity index (χ1v) is 5.60. The molecule has 0 aliphatic heterocycles. The van der Waals surface area contributed by atoms with E-state index in [2.05, 4.69) is 10.3 Å². The van der Waals surface area contributed by atoms with Crippen LogP contribution >= 0.6 is 0 Å². The monoisotopic (exact) mass is 206 g/mol. The van der Waals surface area contributed by atoms with Gasteiger partial charge in [-0.25, -0.2) is 4.98 Å². The van der Waals surface area contributed by atoms with Gasteiger partial charge >= 0.3 is 0 Å². The molecule has 1 aliphatic rings. The van der Waals surface area contributed by atoms with Crippen LogP contribution < -0.4 is 5.32 Å². The van der Waals surface area contributed by atoms with E-state index in [4.69, 9.17) is 0 Å². The van der Waals surface area contributed by atoms with Gasteiger partial charge in [-0.2, -0.15) is 0 Å². The van der Waals surface area contributed by atoms with Crippen molar-refractivity contribution in [1.82, 2.24) is 4.98 Å². The lowest BCUT2D eigenvalue weighted by atomic mass is 10.1. The van der Waals surface area contributed by atoms with E-state index in [0.717, 1.165) is 24.4 Å². The summed E-state index contributed by atoms with van der Waals surface area (Å²) in [5.74, 6) is 1.33. The highest BCUT2D eigenvalue weighted by Gasteiger charge is 2.26. The molecule has 0 saturated heterocycles. The first-order chi connectivity index (χ1) is 7.29. The smallest absolute Gasteiger partial charge is 0.126 e. The quantitative estimate of drug-likeness (QED) is 0.794. The largest absolute Gasteiger partial charge is 0.396 e. The fourth-order valence-corrected chi connectivity index (χ4v) is 2.26. The summed E-state index contributed by atoms with van der Waals surface area (Å²) in [6, 6.07) is 6.38. The Bertz CT molecular complexity index is 327. The molecule has 15 heavy (non-hydrogen) atoms. The summed E-state index contributed by atoms with van der Waals surface area (Å²) in [6.45, 7) is 2.27. The predicted octanol–water partition coefficient (Wildman–Crippen LogP) is 1.96. The predicted molar refractivity (Wildman–Crippen MR) is 60.8 cm³/mol. The minimum Gasteiger partial charge on any atom is -0.396 e. The molecule has 1 aromatic heterocycles. The van der Waals surface area contributed by atoms with Crippen molar-refractivity contribution in [3.8, 4) is 0 Å². The molecule has 3 heteroatoms. The molecular weight excluding hydrogens is 188 g/mol. The molecule has 3 nitrogen and oxygen atoms in total. The maximum atomic E-state index is 9.21. The lowest BCUT2D eigenvalue weighted by Gasteiger charge is -2.19. The van der Waals surface area contributed by atoms with E-state index in [-0.39, 0.29) is 6.61 Å². The Morgan fingerprint density at radius 1 is 1.47 bits per heavy atom. The average molecular weight is 206 g/mol. The number of aryl methyl sites for hydroxylation is 1. The lowest BCUT2D eigenvalue weighted by molar-refractivity contribution is 0.222. The zero-order valence-corrected chi connectivity index (χ0v) is 9.11. The van der Waals surface area contributed by atoms with Crippen LogP contribution in [-0.2, 0) is 0 Å². The molecule has 1 heterocycles. The van der Waals surface area contributed by atoms with Crippen molar-refractivity contribution in [2.24, 2.45) is 5.92 Å². The number of anilines is 1. The van der Waals surface area contributed by atoms with Crippen molar-refractivity contribution in [3.05, 3.63) is 23.9 Å². The zero-order chi connectivity index (χ0) is 10.7. The number of hydrogen-bond acceptors (Lipinski definition) is 3. The maximum Gasteiger partial charge on any atom is 0.126 e. The number of aliphatic hydroxyl groups is 1. The van der Waals surface area contributed by atoms with Gasteiger partial charge in [0, 0.05) is 24.3 Å². The summed E-state index contributed by atoms with van der Waals surface area (Å²) >= 11 is 0. The Morgan fingerprint density at radius 3 is 3.07 bits per heavy atom. The Kier molecular flexibility index (Phi) is 3.21. The van der Waals surface area contributed by atoms with Gasteiger partial charge in [-0.05, 0) is 31.9 Å². The summed E-state index contributed by atoms with van der Waals surface area (Å²) in [5, 5.41) is 12.6. The average Bonchev–Trinajstić information content (AvgIpc) is 2.65. The van der Waals surface area contributed by atoms with Crippen molar-refractivity contribution >= 4 is 5.82 Å². The zero-order valence-electron chi connectivity index (χ0n) is 9.11. The van der Waals surface area contributed by atoms with Crippen molar-refractivity contribution in [2.45, 2.75) is 32.2 Å². The van der Waals surface area contributed by atoms with Gasteiger partial charge in [0.15, 0.2) is 0 Å². The number of hydrogen-bond donors (Lipinski definition) is 2. The normalized spacial score (nSPS) is 25.5. The van der Waals surface area contributed by atoms with Crippen LogP contribution in [0.15, 0.2) is 18.2 Å². The van der Waals surface area contributed by atoms with Gasteiger partial charge < -0.3 is 10.4 Å². The number of nitrogens with zero attached hydrogens (tertiary/aromatic N) is 1. The maximum absolute atomic E-state index is 9.21. The second-order valence-corrected chi connectivity index (χ2v) is 4.29. The SMILES string of the molecule is Cc1cccc(NC2CCCC2CO)n1. The summed E-state index contributed by atoms with van der Waals surface area (Å²) in [5.41, 5.74) is 1.03. The van der Waals surface area contributed by atoms with Crippen molar-refractivity contribution in [3.63, 3.8) is 0 Å². The third kappa shape index (κ3) is 2.48. The van der Waals surface area contributed by atoms with Crippen LogP contribution in [0.2, 0.25) is 0 Å². The van der Waals surface area contributed by atoms with Crippen LogP contribution in [0.3, 0.4) is 0 Å². The molecule has 0 radical (unpaired) electrons. The number of nitrogens with one attached hydrogen (secondary N) is 1. The standard InChI is InChI=1S/C12H18N2O/c1-9-4-2-7-12(13-9)14-11-6-3-5-10(11)8-15/h2,4,7,10-11,15H,3,5-6,8H2,1H3,(H,13,14). The highest BCUT2D eigenvalue weighted by molar-refractivity contribution is 5.36. The van der Waals surface area contributed by atoms with Crippen LogP contribution in [-0.4, -0.2) is 22.7 Å². The summed E-state index contributed by atoms with van der Waals surface area (Å²) in [6.07, 6.45) is 3.47. The Balaban J connectivity index is 2.02. The first kappa shape index (κ1) is 10.4. The fraction of sp³-hybridized carbons (Fsp3) is 0.583. The molecule has 1 aromatic rings. The third-order valence-electron chi connectivity index (χ3n) is 3.12. The van der Waals surface area contributed by atoms with Crippen molar-refractivity contribution in [1.29, 1.82) is 0 Å². The molecule has 2 N–H and O–H groups in total. The van der Waals surface area contributed by atoms with Crippen LogP contribution in [0.25, 0.3) is 0 Å². The van der Waals surface area contributed by atoms with Gasteiger partial charge in [-0.3, -0.25) is 0 Å². The topological polar surface area (TPSA) is 45.1 Å². The Morgan fingerprint density at radius 2 is 2.33 bits per heavy atom. The highest BCUT2D eigenvalue weighted by Crippen LogP contribution is 2.27. The summed E-state index contributed by atoms with van der Waals surface area (Å²) in [4.78, 5) is 4.41. The number of aliphatic hydroxyl groups excluding tert-OH is 1. The lowest BCUT2D eigenvalue weighted by Crippen LogP contribution is -2.26. The molecule has 0 bridgehead atoms. The van der Waals surface area contributed by atoms with Gasteiger partial charge in [0.2, 0.25) is 0 Å². The van der Waals surface area contributed by atoms with Gasteiger partial charge in [-0.1, -0.05) is 12.5 Å². The van der Waals surface area contributed by atoms with E-state index in [1.807, 2.05) is 25.1 Å². The molecule has 82 valence electrons. The van der Waals surface area contributed by atoms with Gasteiger partial charge in [0.1, 0.15) is 5.82 Å². The molecule has 0 amide bonds. The van der Waals surface area contributed by atoms with Gasteiger partial charge in [-0.15, -0.1) is 0 Å². The van der Waals surface area contributed by atoms with E-state index in [9.17, 15) is 5.11 Å². The Labute approximate surface area is 90.5 Å². The van der Waals surface area contributed by atoms with E-state index >= 15 is 0 Å². The van der Waals surface area contributed by atoms with Crippen LogP contribution in [0.1, 0.15) is 25.0 Å². The van der Waals surface area contributed by atoms with Gasteiger partial charge in [0.05, 0.1) is 0 Å². The molecule has 0 aromatic carbocycles. The second-order valence-electron chi connectivity index (χ2n) is 4.29. The molecule has 2 atom stereocenters. The van der Waals surface area contributed by atoms with E-state index in [1.54, 1.807) is 0 Å². The van der Waals surface area contributed by atoms with Crippen molar-refractivity contribution < 1.29 is 5.11 Å². The van der Waals surface area contributed by atoms with E-state index in [0.29, 0.717) is 12.0 Å². The minimum absolute atomic E-state index is 0.281. The van der Waals surface area contributed by atoms with E-state index < -0.39 is 0 Å². The molecule has 1 saturated carbocycles. The summed E-state index contributed by atoms with van der Waals surface area (Å²) < 4.78 is 0. The number of aromatic nitrogens is 1. The molecule has 1 fully saturated rings. The fourth-order valence-electron chi connectivity index (χ4n) is 2.26. The van der Waals surface area contributed by atoms with Crippen LogP contribution in [0, 0.1) is 12.8 Å². The summed E-state index contributed by atoms with van der Waals surface area (Å²) in [7, 11) is 0. The van der Waals surface area contributed by atoms with Crippen molar-refractivity contribution in [2.75, 3.05) is 11.9 Å². The number of rotatable bonds is 3. The molecule has 0 spiro atoms. The number of pyridine rings is 1. The second kappa shape index (κ2) is 4.62. The van der Waals surface area contributed by atoms with Gasteiger partial charge in [0.25, 0.3) is 0 Å². The third-order valence-corrected chi connectivity index (χ3v) is 3.12. The molecule has 2 rings (SSSR count). The van der Waals surface area contributed by atoms with Crippen LogP contribution in [0.4, 0.5) is 5.82 Å². The minimum atomic E-state index is 0.281. The molecular formula is C12H18N2O. The molecule has 1 aliphatic carbocycles. The first-order valence-electron chi connectivity index (χ1n) is 5.60. The molecule has 2 unspecified atom stereocenters.